The van der Waals surface area contributed by atoms with Gasteiger partial charge < -0.3 is 10.2 Å². The number of aliphatic hydroxyl groups is 1. The Morgan fingerprint density at radius 3 is 2.69 bits per heavy atom. The third kappa shape index (κ3) is 2.46. The van der Waals surface area contributed by atoms with Gasteiger partial charge in [-0.3, -0.25) is 0 Å². The van der Waals surface area contributed by atoms with Crippen molar-refractivity contribution in [2.45, 2.75) is 32.8 Å². The highest BCUT2D eigenvalue weighted by atomic mass is 16.3. The lowest BCUT2D eigenvalue weighted by molar-refractivity contribution is 0.170. The number of aliphatic hydroxyl groups excluding tert-OH is 1. The molecule has 0 spiro atoms. The van der Waals surface area contributed by atoms with Gasteiger partial charge in [-0.25, -0.2) is 0 Å². The van der Waals surface area contributed by atoms with Crippen molar-refractivity contribution < 1.29 is 10.2 Å². The zero-order valence-electron chi connectivity index (χ0n) is 8.12. The van der Waals surface area contributed by atoms with Crippen LogP contribution in [0, 0.1) is 6.92 Å². The minimum atomic E-state index is -0.305. The molecule has 0 saturated heterocycles. The third-order valence-electron chi connectivity index (χ3n) is 2.34. The van der Waals surface area contributed by atoms with Crippen molar-refractivity contribution in [3.8, 4) is 5.75 Å². The first-order valence-electron chi connectivity index (χ1n) is 4.60. The molecule has 72 valence electrons. The molecule has 0 heterocycles. The van der Waals surface area contributed by atoms with E-state index in [-0.39, 0.29) is 6.10 Å². The van der Waals surface area contributed by atoms with Crippen molar-refractivity contribution in [1.29, 1.82) is 0 Å². The van der Waals surface area contributed by atoms with Crippen LogP contribution in [0.5, 0.6) is 5.75 Å². The second-order valence-corrected chi connectivity index (χ2v) is 3.33. The van der Waals surface area contributed by atoms with Crippen LogP contribution in [0.3, 0.4) is 0 Å². The summed E-state index contributed by atoms with van der Waals surface area (Å²) in [5, 5.41) is 18.8. The van der Waals surface area contributed by atoms with Gasteiger partial charge in [-0.1, -0.05) is 19.1 Å². The molecule has 2 heteroatoms. The van der Waals surface area contributed by atoms with Gasteiger partial charge in [-0.15, -0.1) is 0 Å². The molecule has 0 saturated carbocycles. The predicted molar refractivity (Wildman–Crippen MR) is 52.8 cm³/mol. The topological polar surface area (TPSA) is 40.5 Å². The normalized spacial score (nSPS) is 12.8. The van der Waals surface area contributed by atoms with Gasteiger partial charge in [-0.05, 0) is 37.0 Å². The molecule has 2 N–H and O–H groups in total. The first-order chi connectivity index (χ1) is 6.15. The van der Waals surface area contributed by atoms with E-state index in [4.69, 9.17) is 0 Å². The third-order valence-corrected chi connectivity index (χ3v) is 2.34. The highest BCUT2D eigenvalue weighted by molar-refractivity contribution is 5.38. The van der Waals surface area contributed by atoms with E-state index in [1.54, 1.807) is 12.1 Å². The molecule has 0 aliphatic rings. The minimum absolute atomic E-state index is 0.305. The molecule has 2 nitrogen and oxygen atoms in total. The first kappa shape index (κ1) is 10.1. The second kappa shape index (κ2) is 4.28. The number of hydrogen-bond acceptors (Lipinski definition) is 2. The van der Waals surface area contributed by atoms with Crippen molar-refractivity contribution in [3.05, 3.63) is 29.3 Å². The number of hydrogen-bond donors (Lipinski definition) is 2. The average Bonchev–Trinajstić information content (AvgIpc) is 2.13. The van der Waals surface area contributed by atoms with Gasteiger partial charge in [0.15, 0.2) is 0 Å². The SMILES string of the molecule is CCC(O)Cc1cccc(O)c1C. The molecule has 0 aliphatic heterocycles. The predicted octanol–water partition coefficient (Wildman–Crippen LogP) is 2.01. The summed E-state index contributed by atoms with van der Waals surface area (Å²) in [6, 6.07) is 5.41. The maximum absolute atomic E-state index is 9.45. The van der Waals surface area contributed by atoms with E-state index in [2.05, 4.69) is 0 Å². The van der Waals surface area contributed by atoms with Crippen LogP contribution < -0.4 is 0 Å². The zero-order valence-corrected chi connectivity index (χ0v) is 8.12. The monoisotopic (exact) mass is 180 g/mol. The number of aromatic hydroxyl groups is 1. The van der Waals surface area contributed by atoms with Crippen LogP contribution in [0.25, 0.3) is 0 Å². The lowest BCUT2D eigenvalue weighted by Crippen LogP contribution is -2.09. The van der Waals surface area contributed by atoms with Crippen LogP contribution in [-0.2, 0) is 6.42 Å². The minimum Gasteiger partial charge on any atom is -0.508 e. The molecule has 1 unspecified atom stereocenters. The van der Waals surface area contributed by atoms with Crippen LogP contribution in [0.2, 0.25) is 0 Å². The van der Waals surface area contributed by atoms with Gasteiger partial charge in [0, 0.05) is 0 Å². The fraction of sp³-hybridized carbons (Fsp3) is 0.455. The average molecular weight is 180 g/mol. The summed E-state index contributed by atoms with van der Waals surface area (Å²) in [7, 11) is 0. The number of phenolic OH excluding ortho intramolecular Hbond substituents is 1. The molecular weight excluding hydrogens is 164 g/mol. The Morgan fingerprint density at radius 1 is 1.38 bits per heavy atom. The lowest BCUT2D eigenvalue weighted by Gasteiger charge is -2.10. The number of rotatable bonds is 3. The van der Waals surface area contributed by atoms with Crippen LogP contribution in [0.4, 0.5) is 0 Å². The summed E-state index contributed by atoms with van der Waals surface area (Å²) in [6.07, 6.45) is 1.06. The Bertz CT molecular complexity index is 281. The van der Waals surface area contributed by atoms with Crippen molar-refractivity contribution in [1.82, 2.24) is 0 Å². The quantitative estimate of drug-likeness (QED) is 0.747. The molecular formula is C11H16O2. The molecule has 0 fully saturated rings. The zero-order chi connectivity index (χ0) is 9.84. The molecule has 0 aliphatic carbocycles. The van der Waals surface area contributed by atoms with E-state index < -0.39 is 0 Å². The smallest absolute Gasteiger partial charge is 0.118 e. The van der Waals surface area contributed by atoms with E-state index in [1.165, 1.54) is 0 Å². The first-order valence-corrected chi connectivity index (χ1v) is 4.60. The Labute approximate surface area is 78.8 Å². The Balaban J connectivity index is 2.83. The maximum Gasteiger partial charge on any atom is 0.118 e. The standard InChI is InChI=1S/C11H16O2/c1-3-10(12)7-9-5-4-6-11(13)8(9)2/h4-6,10,12-13H,3,7H2,1-2H3. The van der Waals surface area contributed by atoms with Crippen molar-refractivity contribution >= 4 is 0 Å². The van der Waals surface area contributed by atoms with Gasteiger partial charge >= 0.3 is 0 Å². The molecule has 1 aromatic rings. The summed E-state index contributed by atoms with van der Waals surface area (Å²) >= 11 is 0. The van der Waals surface area contributed by atoms with Crippen LogP contribution in [0.1, 0.15) is 24.5 Å². The fourth-order valence-corrected chi connectivity index (χ4v) is 1.29. The molecule has 1 atom stereocenters. The number of phenols is 1. The van der Waals surface area contributed by atoms with E-state index in [1.807, 2.05) is 19.9 Å². The van der Waals surface area contributed by atoms with E-state index in [0.29, 0.717) is 12.2 Å². The van der Waals surface area contributed by atoms with Crippen molar-refractivity contribution in [2.24, 2.45) is 0 Å². The summed E-state index contributed by atoms with van der Waals surface area (Å²) in [5.74, 6) is 0.306. The van der Waals surface area contributed by atoms with Crippen molar-refractivity contribution in [2.75, 3.05) is 0 Å². The largest absolute Gasteiger partial charge is 0.508 e. The molecule has 0 aromatic heterocycles. The van der Waals surface area contributed by atoms with E-state index in [0.717, 1.165) is 17.5 Å². The summed E-state index contributed by atoms with van der Waals surface area (Å²) < 4.78 is 0. The Kier molecular flexibility index (Phi) is 3.32. The van der Waals surface area contributed by atoms with Gasteiger partial charge in [-0.2, -0.15) is 0 Å². The molecule has 0 radical (unpaired) electrons. The van der Waals surface area contributed by atoms with Gasteiger partial charge in [0.2, 0.25) is 0 Å². The molecule has 0 bridgehead atoms. The highest BCUT2D eigenvalue weighted by Gasteiger charge is 2.07. The second-order valence-electron chi connectivity index (χ2n) is 3.33. The Morgan fingerprint density at radius 2 is 2.08 bits per heavy atom. The molecule has 0 amide bonds. The van der Waals surface area contributed by atoms with Gasteiger partial charge in [0.1, 0.15) is 5.75 Å². The fourth-order valence-electron chi connectivity index (χ4n) is 1.29. The summed E-state index contributed by atoms with van der Waals surface area (Å²) in [6.45, 7) is 3.82. The van der Waals surface area contributed by atoms with E-state index in [9.17, 15) is 10.2 Å². The van der Waals surface area contributed by atoms with Crippen LogP contribution in [-0.4, -0.2) is 16.3 Å². The van der Waals surface area contributed by atoms with Crippen LogP contribution >= 0.6 is 0 Å². The molecule has 13 heavy (non-hydrogen) atoms. The number of benzene rings is 1. The van der Waals surface area contributed by atoms with E-state index >= 15 is 0 Å². The molecule has 1 aromatic carbocycles. The van der Waals surface area contributed by atoms with Crippen LogP contribution in [0.15, 0.2) is 18.2 Å². The lowest BCUT2D eigenvalue weighted by atomic mass is 10.0. The molecule has 1 rings (SSSR count). The van der Waals surface area contributed by atoms with Gasteiger partial charge in [0.25, 0.3) is 0 Å². The summed E-state index contributed by atoms with van der Waals surface area (Å²) in [4.78, 5) is 0. The summed E-state index contributed by atoms with van der Waals surface area (Å²) in [5.41, 5.74) is 1.89. The highest BCUT2D eigenvalue weighted by Crippen LogP contribution is 2.20. The van der Waals surface area contributed by atoms with Gasteiger partial charge in [0.05, 0.1) is 6.10 Å². The Hall–Kier alpha value is -1.02. The maximum atomic E-state index is 9.45. The van der Waals surface area contributed by atoms with Crippen molar-refractivity contribution in [3.63, 3.8) is 0 Å².